The first-order chi connectivity index (χ1) is 16.8. The van der Waals surface area contributed by atoms with Crippen molar-refractivity contribution in [1.29, 1.82) is 0 Å². The third kappa shape index (κ3) is 5.43. The summed E-state index contributed by atoms with van der Waals surface area (Å²) >= 11 is 0.464. The molecule has 1 heterocycles. The summed E-state index contributed by atoms with van der Waals surface area (Å²) in [6.45, 7) is 0. The van der Waals surface area contributed by atoms with E-state index >= 15 is 0 Å². The van der Waals surface area contributed by atoms with Crippen molar-refractivity contribution in [3.63, 3.8) is 0 Å². The zero-order valence-electron chi connectivity index (χ0n) is 18.5. The Hall–Kier alpha value is -2.87. The summed E-state index contributed by atoms with van der Waals surface area (Å²) in [5.41, 5.74) is 3.27. The number of rotatable bonds is 8. The van der Waals surface area contributed by atoms with E-state index in [9.17, 15) is 4.39 Å². The maximum atomic E-state index is 13.7. The van der Waals surface area contributed by atoms with E-state index in [1.807, 2.05) is 30.3 Å². The third-order valence-electron chi connectivity index (χ3n) is 5.43. The fourth-order valence-corrected chi connectivity index (χ4v) is 7.97. The second kappa shape index (κ2) is 11.0. The Morgan fingerprint density at radius 1 is 0.588 bits per heavy atom. The second-order valence-electron chi connectivity index (χ2n) is 7.77. The molecule has 4 heteroatoms. The van der Waals surface area contributed by atoms with Crippen molar-refractivity contribution in [3.8, 4) is 22.6 Å². The summed E-state index contributed by atoms with van der Waals surface area (Å²) in [6.07, 6.45) is 0.932. The Morgan fingerprint density at radius 2 is 1.15 bits per heavy atom. The molecule has 1 aromatic heterocycles. The Bertz CT molecular complexity index is 1330. The zero-order valence-corrected chi connectivity index (χ0v) is 21.9. The molecule has 168 valence electrons. The fourth-order valence-electron chi connectivity index (χ4n) is 3.79. The van der Waals surface area contributed by atoms with Crippen molar-refractivity contribution < 1.29 is 8.81 Å². The van der Waals surface area contributed by atoms with Crippen molar-refractivity contribution in [2.24, 2.45) is 0 Å². The monoisotopic (exact) mass is 578 g/mol. The first-order valence-corrected chi connectivity index (χ1v) is 14.9. The van der Waals surface area contributed by atoms with Crippen LogP contribution >= 0.6 is 0 Å². The van der Waals surface area contributed by atoms with Crippen LogP contribution in [0, 0.1) is 5.82 Å². The summed E-state index contributed by atoms with van der Waals surface area (Å²) in [7, 11) is 0. The van der Waals surface area contributed by atoms with Gasteiger partial charge in [0.2, 0.25) is 0 Å². The molecule has 0 bridgehead atoms. The van der Waals surface area contributed by atoms with E-state index in [0.29, 0.717) is 15.0 Å². The van der Waals surface area contributed by atoms with Crippen LogP contribution in [0.2, 0.25) is 5.32 Å². The Labute approximate surface area is 212 Å². The van der Waals surface area contributed by atoms with Crippen LogP contribution in [0.5, 0.6) is 0 Å². The van der Waals surface area contributed by atoms with Crippen LogP contribution in [0.25, 0.3) is 22.6 Å². The molecule has 0 atom stereocenters. The predicted molar refractivity (Wildman–Crippen MR) is 141 cm³/mol. The van der Waals surface area contributed by atoms with Crippen molar-refractivity contribution in [1.82, 2.24) is 0 Å². The van der Waals surface area contributed by atoms with E-state index in [1.165, 1.54) is 31.1 Å². The van der Waals surface area contributed by atoms with Gasteiger partial charge in [0.25, 0.3) is 0 Å². The van der Waals surface area contributed by atoms with Crippen LogP contribution < -0.4 is 13.4 Å². The normalized spacial score (nSPS) is 11.0. The van der Waals surface area contributed by atoms with E-state index in [0.717, 1.165) is 34.4 Å². The molecule has 0 saturated carbocycles. The van der Waals surface area contributed by atoms with E-state index < -0.39 is 0 Å². The molecular weight excluding hydrogens is 553 g/mol. The minimum atomic E-state index is -0.235. The summed E-state index contributed by atoms with van der Waals surface area (Å²) in [4.78, 5) is 0. The molecule has 0 spiro atoms. The molecule has 0 aliphatic carbocycles. The molecule has 0 amide bonds. The third-order valence-corrected chi connectivity index (χ3v) is 9.95. The average Bonchev–Trinajstić information content (AvgIpc) is 3.24. The van der Waals surface area contributed by atoms with E-state index in [2.05, 4.69) is 72.8 Å². The van der Waals surface area contributed by atoms with Gasteiger partial charge in [-0.25, -0.2) is 0 Å². The summed E-state index contributed by atoms with van der Waals surface area (Å²) in [6, 6.07) is 38.3. The Morgan fingerprint density at radius 3 is 1.79 bits per heavy atom. The molecular formula is C30H23FOSe2. The van der Waals surface area contributed by atoms with Crippen LogP contribution in [0.4, 0.5) is 4.39 Å². The van der Waals surface area contributed by atoms with Crippen LogP contribution in [0.3, 0.4) is 0 Å². The Kier molecular flexibility index (Phi) is 7.43. The van der Waals surface area contributed by atoms with Gasteiger partial charge in [-0.3, -0.25) is 0 Å². The van der Waals surface area contributed by atoms with Crippen LogP contribution in [-0.4, -0.2) is 29.9 Å². The topological polar surface area (TPSA) is 13.1 Å². The molecule has 0 saturated heterocycles. The van der Waals surface area contributed by atoms with E-state index in [-0.39, 0.29) is 20.8 Å². The molecule has 5 aromatic rings. The SMILES string of the molecule is Fc1ccc(-c2oc(-c3ccccc3)c([Se]c3ccccc3)c2CC[Se]c2ccccc2)cc1. The van der Waals surface area contributed by atoms with Crippen LogP contribution in [0.15, 0.2) is 120 Å². The molecule has 1 nitrogen and oxygen atoms in total. The van der Waals surface area contributed by atoms with Crippen molar-refractivity contribution in [2.45, 2.75) is 11.7 Å². The number of hydrogen-bond donors (Lipinski definition) is 0. The van der Waals surface area contributed by atoms with Gasteiger partial charge in [-0.2, -0.15) is 0 Å². The molecule has 0 N–H and O–H groups in total. The second-order valence-corrected chi connectivity index (χ2v) is 12.5. The number of furan rings is 1. The number of hydrogen-bond acceptors (Lipinski definition) is 1. The molecule has 0 unspecified atom stereocenters. The molecule has 0 aliphatic heterocycles. The van der Waals surface area contributed by atoms with Gasteiger partial charge in [-0.05, 0) is 0 Å². The summed E-state index contributed by atoms with van der Waals surface area (Å²) in [5.74, 6) is 1.57. The molecule has 0 fully saturated rings. The van der Waals surface area contributed by atoms with Crippen LogP contribution in [0.1, 0.15) is 5.56 Å². The minimum absolute atomic E-state index is 0.0866. The van der Waals surface area contributed by atoms with Gasteiger partial charge in [-0.15, -0.1) is 0 Å². The van der Waals surface area contributed by atoms with Gasteiger partial charge in [0.05, 0.1) is 0 Å². The van der Waals surface area contributed by atoms with Gasteiger partial charge in [0.15, 0.2) is 0 Å². The number of halogens is 1. The Balaban J connectivity index is 1.59. The summed E-state index contributed by atoms with van der Waals surface area (Å²) < 4.78 is 24.3. The first-order valence-electron chi connectivity index (χ1n) is 11.2. The van der Waals surface area contributed by atoms with Gasteiger partial charge in [-0.1, -0.05) is 0 Å². The van der Waals surface area contributed by atoms with Crippen molar-refractivity contribution in [3.05, 3.63) is 127 Å². The summed E-state index contributed by atoms with van der Waals surface area (Å²) in [5, 5.41) is 1.08. The maximum absolute atomic E-state index is 13.7. The van der Waals surface area contributed by atoms with E-state index in [1.54, 1.807) is 0 Å². The van der Waals surface area contributed by atoms with Gasteiger partial charge < -0.3 is 0 Å². The predicted octanol–water partition coefficient (Wildman–Crippen LogP) is 5.40. The fraction of sp³-hybridized carbons (Fsp3) is 0.0667. The molecule has 34 heavy (non-hydrogen) atoms. The van der Waals surface area contributed by atoms with Gasteiger partial charge >= 0.3 is 213 Å². The first kappa shape index (κ1) is 22.9. The van der Waals surface area contributed by atoms with Crippen LogP contribution in [-0.2, 0) is 6.42 Å². The zero-order chi connectivity index (χ0) is 23.2. The average molecular weight is 576 g/mol. The standard InChI is InChI=1S/C30H23FOSe2/c31-24-18-16-23(17-19-24)28-27(20-21-33-25-12-6-2-7-13-25)30(34-26-14-8-3-9-15-26)29(32-28)22-10-4-1-5-11-22/h1-19H,20-21H2. The number of benzene rings is 4. The van der Waals surface area contributed by atoms with Gasteiger partial charge in [0.1, 0.15) is 0 Å². The molecule has 0 aliphatic rings. The van der Waals surface area contributed by atoms with Gasteiger partial charge in [0, 0.05) is 0 Å². The molecule has 0 radical (unpaired) electrons. The van der Waals surface area contributed by atoms with Crippen molar-refractivity contribution >= 4 is 43.3 Å². The molecule has 5 rings (SSSR count). The molecule has 4 aromatic carbocycles. The quantitative estimate of drug-likeness (QED) is 0.226. The van der Waals surface area contributed by atoms with E-state index in [4.69, 9.17) is 4.42 Å². The van der Waals surface area contributed by atoms with Crippen molar-refractivity contribution in [2.75, 3.05) is 0 Å².